The van der Waals surface area contributed by atoms with E-state index in [9.17, 15) is 21.6 Å². The Hall–Kier alpha value is -3.34. The van der Waals surface area contributed by atoms with Gasteiger partial charge in [0.15, 0.2) is 5.76 Å². The van der Waals surface area contributed by atoms with E-state index in [1.165, 1.54) is 18.4 Å². The van der Waals surface area contributed by atoms with Gasteiger partial charge in [0, 0.05) is 12.8 Å². The molecule has 0 bridgehead atoms. The van der Waals surface area contributed by atoms with Crippen molar-refractivity contribution in [3.05, 3.63) is 65.9 Å². The molecule has 2 aromatic heterocycles. The first-order valence-electron chi connectivity index (χ1n) is 9.38. The highest BCUT2D eigenvalue weighted by Crippen LogP contribution is 2.34. The number of alkyl halides is 3. The van der Waals surface area contributed by atoms with Gasteiger partial charge in [-0.3, -0.25) is 0 Å². The summed E-state index contributed by atoms with van der Waals surface area (Å²) in [5.74, 6) is 0.420. The molecule has 3 rings (SSSR count). The summed E-state index contributed by atoms with van der Waals surface area (Å²) in [5.41, 5.74) is -0.130. The Bertz CT molecular complexity index is 1220. The monoisotopic (exact) mass is 467 g/mol. The fourth-order valence-electron chi connectivity index (χ4n) is 2.88. The number of ether oxygens (including phenoxy) is 1. The van der Waals surface area contributed by atoms with Crippen molar-refractivity contribution < 1.29 is 30.7 Å². The Balaban J connectivity index is 2.11. The highest BCUT2D eigenvalue weighted by Gasteiger charge is 2.30. The van der Waals surface area contributed by atoms with Crippen LogP contribution in [0.4, 0.5) is 19.0 Å². The lowest BCUT2D eigenvalue weighted by Gasteiger charge is -2.17. The number of halogens is 3. The summed E-state index contributed by atoms with van der Waals surface area (Å²) < 4.78 is 74.3. The van der Waals surface area contributed by atoms with Gasteiger partial charge in [0.25, 0.3) is 0 Å². The minimum atomic E-state index is -4.49. The molecule has 0 aliphatic heterocycles. The van der Waals surface area contributed by atoms with Gasteiger partial charge in [0.2, 0.25) is 15.0 Å². The summed E-state index contributed by atoms with van der Waals surface area (Å²) in [5, 5.41) is 2.41. The van der Waals surface area contributed by atoms with Crippen LogP contribution in [0.3, 0.4) is 0 Å². The van der Waals surface area contributed by atoms with Crippen LogP contribution in [-0.2, 0) is 27.3 Å². The van der Waals surface area contributed by atoms with E-state index in [0.717, 1.165) is 18.4 Å². The Kier molecular flexibility index (Phi) is 6.58. The number of hydrogen-bond acceptors (Lipinski definition) is 7. The molecule has 0 saturated heterocycles. The standard InChI is InChI=1S/C21H20F3N3O4S/c1-4-30-13(2)17-18(16-9-6-10-31-16)26-20(32(3,28)29)27-19(17)25-12-14-7-5-8-15(11-14)21(22,23)24/h5-11H,2,4,12H2,1,3H3,(H,25,26,27). The van der Waals surface area contributed by atoms with E-state index >= 15 is 0 Å². The summed E-state index contributed by atoms with van der Waals surface area (Å²) >= 11 is 0. The van der Waals surface area contributed by atoms with Gasteiger partial charge in [-0.25, -0.2) is 18.4 Å². The summed E-state index contributed by atoms with van der Waals surface area (Å²) in [6.07, 6.45) is -2.16. The van der Waals surface area contributed by atoms with Crippen molar-refractivity contribution in [3.8, 4) is 11.5 Å². The normalized spacial score (nSPS) is 11.9. The minimum Gasteiger partial charge on any atom is -0.494 e. The number of nitrogens with zero attached hydrogens (tertiary/aromatic N) is 2. The second-order valence-electron chi connectivity index (χ2n) is 6.74. The third-order valence-corrected chi connectivity index (χ3v) is 5.13. The first-order valence-corrected chi connectivity index (χ1v) is 11.3. The van der Waals surface area contributed by atoms with Gasteiger partial charge in [0.1, 0.15) is 17.3 Å². The molecule has 7 nitrogen and oxygen atoms in total. The molecule has 2 heterocycles. The average Bonchev–Trinajstić information content (AvgIpc) is 3.25. The number of hydrogen-bond donors (Lipinski definition) is 1. The van der Waals surface area contributed by atoms with Gasteiger partial charge >= 0.3 is 6.18 Å². The molecule has 3 aromatic rings. The predicted octanol–water partition coefficient (Wildman–Crippen LogP) is 4.78. The summed E-state index contributed by atoms with van der Waals surface area (Å²) in [4.78, 5) is 8.22. The van der Waals surface area contributed by atoms with Crippen LogP contribution in [0.5, 0.6) is 0 Å². The van der Waals surface area contributed by atoms with Crippen molar-refractivity contribution in [1.82, 2.24) is 9.97 Å². The quantitative estimate of drug-likeness (QED) is 0.376. The average molecular weight is 467 g/mol. The molecule has 0 unspecified atom stereocenters. The maximum absolute atomic E-state index is 13.0. The second kappa shape index (κ2) is 9.03. The predicted molar refractivity (Wildman–Crippen MR) is 112 cm³/mol. The highest BCUT2D eigenvalue weighted by molar-refractivity contribution is 7.90. The maximum Gasteiger partial charge on any atom is 0.416 e. The zero-order valence-corrected chi connectivity index (χ0v) is 18.0. The Labute approximate surface area is 182 Å². The number of benzene rings is 1. The topological polar surface area (TPSA) is 94.3 Å². The molecule has 170 valence electrons. The van der Waals surface area contributed by atoms with Crippen LogP contribution in [-0.4, -0.2) is 31.2 Å². The van der Waals surface area contributed by atoms with Crippen LogP contribution in [0.15, 0.2) is 58.8 Å². The van der Waals surface area contributed by atoms with Crippen molar-refractivity contribution in [3.63, 3.8) is 0 Å². The fourth-order valence-corrected chi connectivity index (χ4v) is 3.39. The van der Waals surface area contributed by atoms with Crippen LogP contribution in [0, 0.1) is 0 Å². The lowest BCUT2D eigenvalue weighted by Crippen LogP contribution is -2.13. The van der Waals surface area contributed by atoms with Crippen molar-refractivity contribution in [2.24, 2.45) is 0 Å². The molecular weight excluding hydrogens is 447 g/mol. The zero-order chi connectivity index (χ0) is 23.5. The minimum absolute atomic E-state index is 0.0303. The molecule has 1 aromatic carbocycles. The fraction of sp³-hybridized carbons (Fsp3) is 0.238. The van der Waals surface area contributed by atoms with Crippen molar-refractivity contribution in [1.29, 1.82) is 0 Å². The van der Waals surface area contributed by atoms with E-state index in [1.54, 1.807) is 19.1 Å². The third kappa shape index (κ3) is 5.28. The smallest absolute Gasteiger partial charge is 0.416 e. The first-order chi connectivity index (χ1) is 15.0. The van der Waals surface area contributed by atoms with Crippen LogP contribution in [0.2, 0.25) is 0 Å². The largest absolute Gasteiger partial charge is 0.494 e. The summed E-state index contributed by atoms with van der Waals surface area (Å²) in [6.45, 7) is 5.78. The van der Waals surface area contributed by atoms with Crippen molar-refractivity contribution in [2.45, 2.75) is 24.8 Å². The number of furan rings is 1. The highest BCUT2D eigenvalue weighted by atomic mass is 32.2. The molecule has 0 aliphatic carbocycles. The number of anilines is 1. The first kappa shape index (κ1) is 23.3. The van der Waals surface area contributed by atoms with E-state index < -0.39 is 26.7 Å². The molecule has 1 N–H and O–H groups in total. The lowest BCUT2D eigenvalue weighted by atomic mass is 10.1. The molecular formula is C21H20F3N3O4S. The van der Waals surface area contributed by atoms with Gasteiger partial charge in [-0.05, 0) is 36.8 Å². The van der Waals surface area contributed by atoms with Gasteiger partial charge in [-0.1, -0.05) is 18.7 Å². The van der Waals surface area contributed by atoms with Crippen LogP contribution in [0.1, 0.15) is 23.6 Å². The maximum atomic E-state index is 13.0. The summed E-state index contributed by atoms with van der Waals surface area (Å²) in [7, 11) is -3.83. The number of nitrogens with one attached hydrogen (secondary N) is 1. The van der Waals surface area contributed by atoms with Crippen LogP contribution < -0.4 is 5.32 Å². The lowest BCUT2D eigenvalue weighted by molar-refractivity contribution is -0.137. The molecule has 0 fully saturated rings. The zero-order valence-electron chi connectivity index (χ0n) is 17.2. The Morgan fingerprint density at radius 3 is 2.56 bits per heavy atom. The Morgan fingerprint density at radius 2 is 1.97 bits per heavy atom. The molecule has 0 saturated carbocycles. The van der Waals surface area contributed by atoms with E-state index in [4.69, 9.17) is 9.15 Å². The van der Waals surface area contributed by atoms with Crippen LogP contribution in [0.25, 0.3) is 17.2 Å². The number of aromatic nitrogens is 2. The molecule has 0 radical (unpaired) electrons. The molecule has 0 aliphatic rings. The molecule has 11 heteroatoms. The molecule has 0 atom stereocenters. The van der Waals surface area contributed by atoms with E-state index in [-0.39, 0.29) is 41.7 Å². The van der Waals surface area contributed by atoms with E-state index in [2.05, 4.69) is 21.9 Å². The van der Waals surface area contributed by atoms with Gasteiger partial charge in [0.05, 0.1) is 24.0 Å². The van der Waals surface area contributed by atoms with Crippen LogP contribution >= 0.6 is 0 Å². The Morgan fingerprint density at radius 1 is 1.22 bits per heavy atom. The summed E-state index contributed by atoms with van der Waals surface area (Å²) in [6, 6.07) is 7.93. The van der Waals surface area contributed by atoms with Gasteiger partial charge in [-0.2, -0.15) is 13.2 Å². The number of rotatable bonds is 8. The SMILES string of the molecule is C=C(OCC)c1c(NCc2cccc(C(F)(F)F)c2)nc(S(C)(=O)=O)nc1-c1ccco1. The molecule has 0 amide bonds. The number of sulfone groups is 1. The van der Waals surface area contributed by atoms with Crippen molar-refractivity contribution >= 4 is 21.4 Å². The second-order valence-corrected chi connectivity index (χ2v) is 8.65. The molecule has 0 spiro atoms. The van der Waals surface area contributed by atoms with Gasteiger partial charge < -0.3 is 14.5 Å². The third-order valence-electron chi connectivity index (χ3n) is 4.29. The van der Waals surface area contributed by atoms with E-state index in [1.807, 2.05) is 0 Å². The van der Waals surface area contributed by atoms with E-state index in [0.29, 0.717) is 5.56 Å². The van der Waals surface area contributed by atoms with Gasteiger partial charge in [-0.15, -0.1) is 0 Å². The molecule has 32 heavy (non-hydrogen) atoms. The van der Waals surface area contributed by atoms with Crippen molar-refractivity contribution in [2.75, 3.05) is 18.2 Å².